The van der Waals surface area contributed by atoms with Crippen LogP contribution in [0, 0.1) is 0 Å². The number of anilines is 1. The molecular weight excluding hydrogens is 292 g/mol. The summed E-state index contributed by atoms with van der Waals surface area (Å²) in [6.07, 6.45) is 6.05. The van der Waals surface area contributed by atoms with Crippen molar-refractivity contribution in [3.8, 4) is 0 Å². The molecule has 4 heteroatoms. The molecule has 1 aromatic rings. The number of rotatable bonds is 7. The van der Waals surface area contributed by atoms with Gasteiger partial charge in [0.2, 0.25) is 0 Å². The number of hydrogen-bond acceptors (Lipinski definition) is 4. The van der Waals surface area contributed by atoms with E-state index in [0.717, 1.165) is 0 Å². The van der Waals surface area contributed by atoms with E-state index in [1.807, 2.05) is 0 Å². The van der Waals surface area contributed by atoms with Crippen molar-refractivity contribution in [3.63, 3.8) is 0 Å². The smallest absolute Gasteiger partial charge is 0.0564 e. The van der Waals surface area contributed by atoms with Gasteiger partial charge in [0.05, 0.1) is 6.61 Å². The third-order valence-electron chi connectivity index (χ3n) is 4.67. The Kier molecular flexibility index (Phi) is 7.06. The Labute approximate surface area is 139 Å². The number of nitrogens with zero attached hydrogens (tertiary/aromatic N) is 1. The molecule has 1 aliphatic rings. The van der Waals surface area contributed by atoms with E-state index in [4.69, 9.17) is 0 Å². The van der Waals surface area contributed by atoms with E-state index >= 15 is 0 Å². The Bertz CT molecular complexity index is 427. The summed E-state index contributed by atoms with van der Waals surface area (Å²) in [5.41, 5.74) is 2.66. The van der Waals surface area contributed by atoms with Crippen LogP contribution < -0.4 is 10.2 Å². The van der Waals surface area contributed by atoms with Crippen LogP contribution in [-0.2, 0) is 0 Å². The minimum Gasteiger partial charge on any atom is -0.395 e. The largest absolute Gasteiger partial charge is 0.395 e. The molecule has 22 heavy (non-hydrogen) atoms. The van der Waals surface area contributed by atoms with Crippen molar-refractivity contribution in [2.24, 2.45) is 0 Å². The van der Waals surface area contributed by atoms with Gasteiger partial charge in [0.15, 0.2) is 0 Å². The maximum atomic E-state index is 9.39. The Balaban J connectivity index is 1.94. The molecule has 0 aliphatic carbocycles. The highest BCUT2D eigenvalue weighted by Gasteiger charge is 2.18. The van der Waals surface area contributed by atoms with Crippen LogP contribution in [0.4, 0.5) is 5.69 Å². The van der Waals surface area contributed by atoms with Crippen LogP contribution in [0.15, 0.2) is 24.3 Å². The van der Waals surface area contributed by atoms with Crippen LogP contribution in [0.2, 0.25) is 0 Å². The average molecular weight is 323 g/mol. The van der Waals surface area contributed by atoms with Crippen molar-refractivity contribution in [1.29, 1.82) is 0 Å². The number of thioether (sulfide) groups is 1. The van der Waals surface area contributed by atoms with Gasteiger partial charge in [0.25, 0.3) is 0 Å². The third-order valence-corrected chi connectivity index (χ3v) is 5.83. The molecule has 3 atom stereocenters. The van der Waals surface area contributed by atoms with E-state index in [1.54, 1.807) is 11.8 Å². The van der Waals surface area contributed by atoms with Gasteiger partial charge in [-0.2, -0.15) is 11.8 Å². The molecule has 1 aliphatic heterocycles. The van der Waals surface area contributed by atoms with Crippen molar-refractivity contribution >= 4 is 17.4 Å². The van der Waals surface area contributed by atoms with Crippen molar-refractivity contribution in [2.45, 2.75) is 50.4 Å². The fourth-order valence-electron chi connectivity index (χ4n) is 3.16. The lowest BCUT2D eigenvalue weighted by atomic mass is 10.0. The molecule has 2 N–H and O–H groups in total. The first-order valence-electron chi connectivity index (χ1n) is 8.40. The number of aliphatic hydroxyl groups excluding tert-OH is 1. The Morgan fingerprint density at radius 2 is 1.77 bits per heavy atom. The van der Waals surface area contributed by atoms with Gasteiger partial charge in [-0.25, -0.2) is 0 Å². The molecule has 3 nitrogen and oxygen atoms in total. The average Bonchev–Trinajstić information content (AvgIpc) is 2.57. The first-order chi connectivity index (χ1) is 10.7. The van der Waals surface area contributed by atoms with Gasteiger partial charge in [0, 0.05) is 36.1 Å². The van der Waals surface area contributed by atoms with Crippen LogP contribution >= 0.6 is 11.8 Å². The first-order valence-corrected chi connectivity index (χ1v) is 9.69. The predicted molar refractivity (Wildman–Crippen MR) is 97.9 cm³/mol. The van der Waals surface area contributed by atoms with E-state index in [-0.39, 0.29) is 17.9 Å². The van der Waals surface area contributed by atoms with E-state index in [9.17, 15) is 5.11 Å². The summed E-state index contributed by atoms with van der Waals surface area (Å²) in [4.78, 5) is 2.49. The van der Waals surface area contributed by atoms with Crippen LogP contribution in [0.3, 0.4) is 0 Å². The maximum Gasteiger partial charge on any atom is 0.0564 e. The molecule has 0 spiro atoms. The number of piperidine rings is 1. The Morgan fingerprint density at radius 3 is 2.32 bits per heavy atom. The van der Waals surface area contributed by atoms with Gasteiger partial charge < -0.3 is 15.3 Å². The summed E-state index contributed by atoms with van der Waals surface area (Å²) in [7, 11) is 0. The fraction of sp³-hybridized carbons (Fsp3) is 0.667. The van der Waals surface area contributed by atoms with Crippen molar-refractivity contribution in [2.75, 3.05) is 30.9 Å². The molecule has 3 unspecified atom stereocenters. The normalized spacial score (nSPS) is 19.7. The summed E-state index contributed by atoms with van der Waals surface area (Å²) in [6.45, 7) is 6.94. The minimum absolute atomic E-state index is 0.218. The summed E-state index contributed by atoms with van der Waals surface area (Å²) in [5.74, 6) is 0. The van der Waals surface area contributed by atoms with Crippen LogP contribution in [0.1, 0.15) is 44.7 Å². The second-order valence-corrected chi connectivity index (χ2v) is 7.35. The fourth-order valence-corrected chi connectivity index (χ4v) is 3.80. The summed E-state index contributed by atoms with van der Waals surface area (Å²) in [6, 6.07) is 9.56. The van der Waals surface area contributed by atoms with Gasteiger partial charge in [0.1, 0.15) is 0 Å². The van der Waals surface area contributed by atoms with Crippen molar-refractivity contribution in [1.82, 2.24) is 5.32 Å². The SMILES string of the molecule is CSC(CO)C(C)NC(C)c1ccc(N2CCCCC2)cc1. The van der Waals surface area contributed by atoms with E-state index < -0.39 is 0 Å². The van der Waals surface area contributed by atoms with Crippen molar-refractivity contribution < 1.29 is 5.11 Å². The van der Waals surface area contributed by atoms with Gasteiger partial charge in [-0.3, -0.25) is 0 Å². The lowest BCUT2D eigenvalue weighted by Crippen LogP contribution is -2.38. The highest BCUT2D eigenvalue weighted by Crippen LogP contribution is 2.23. The number of hydrogen-bond donors (Lipinski definition) is 2. The zero-order valence-corrected chi connectivity index (χ0v) is 14.9. The Morgan fingerprint density at radius 1 is 1.14 bits per heavy atom. The summed E-state index contributed by atoms with van der Waals surface area (Å²) >= 11 is 1.72. The van der Waals surface area contributed by atoms with E-state index in [0.29, 0.717) is 6.04 Å². The van der Waals surface area contributed by atoms with Crippen LogP contribution in [0.5, 0.6) is 0 Å². The Hall–Kier alpha value is -0.710. The third kappa shape index (κ3) is 4.64. The second kappa shape index (κ2) is 8.80. The van der Waals surface area contributed by atoms with E-state index in [2.05, 4.69) is 54.6 Å². The topological polar surface area (TPSA) is 35.5 Å². The molecule has 124 valence electrons. The summed E-state index contributed by atoms with van der Waals surface area (Å²) < 4.78 is 0. The number of nitrogens with one attached hydrogen (secondary N) is 1. The molecule has 0 saturated carbocycles. The lowest BCUT2D eigenvalue weighted by molar-refractivity contribution is 0.272. The van der Waals surface area contributed by atoms with E-state index in [1.165, 1.54) is 43.6 Å². The lowest BCUT2D eigenvalue weighted by Gasteiger charge is -2.29. The maximum absolute atomic E-state index is 9.39. The number of benzene rings is 1. The van der Waals surface area contributed by atoms with Gasteiger partial charge in [-0.15, -0.1) is 0 Å². The zero-order valence-electron chi connectivity index (χ0n) is 14.1. The van der Waals surface area contributed by atoms with Crippen LogP contribution in [0.25, 0.3) is 0 Å². The molecule has 0 aromatic heterocycles. The summed E-state index contributed by atoms with van der Waals surface area (Å²) in [5, 5.41) is 13.2. The number of aliphatic hydroxyl groups is 1. The predicted octanol–water partition coefficient (Wildman–Crippen LogP) is 3.44. The molecule has 1 saturated heterocycles. The highest BCUT2D eigenvalue weighted by atomic mass is 32.2. The molecule has 0 bridgehead atoms. The molecule has 2 rings (SSSR count). The monoisotopic (exact) mass is 322 g/mol. The van der Waals surface area contributed by atoms with Gasteiger partial charge in [-0.05, 0) is 57.1 Å². The van der Waals surface area contributed by atoms with Gasteiger partial charge >= 0.3 is 0 Å². The second-order valence-electron chi connectivity index (χ2n) is 6.27. The standard InChI is InChI=1S/C18H30N2OS/c1-14(19-15(2)18(13-21)22-3)16-7-9-17(10-8-16)20-11-5-4-6-12-20/h7-10,14-15,18-19,21H,4-6,11-13H2,1-3H3. The quantitative estimate of drug-likeness (QED) is 0.806. The van der Waals surface area contributed by atoms with Crippen molar-refractivity contribution in [3.05, 3.63) is 29.8 Å². The zero-order chi connectivity index (χ0) is 15.9. The molecule has 0 amide bonds. The molecule has 0 radical (unpaired) electrons. The molecule has 1 fully saturated rings. The molecule has 1 heterocycles. The highest BCUT2D eigenvalue weighted by molar-refractivity contribution is 7.99. The van der Waals surface area contributed by atoms with Gasteiger partial charge in [-0.1, -0.05) is 12.1 Å². The van der Waals surface area contributed by atoms with Crippen LogP contribution in [-0.4, -0.2) is 42.4 Å². The minimum atomic E-state index is 0.218. The molecular formula is C18H30N2OS. The molecule has 1 aromatic carbocycles. The first kappa shape index (κ1) is 17.6.